The number of fused-ring (bicyclic) bond motifs is 1. The third-order valence-corrected chi connectivity index (χ3v) is 3.32. The van der Waals surface area contributed by atoms with Gasteiger partial charge in [0.2, 0.25) is 10.0 Å². The van der Waals surface area contributed by atoms with E-state index in [0.29, 0.717) is 22.6 Å². The standard InChI is InChI=1S/C11H9NO3S/c12-16(14,15)11-6-5-8(7-13)9-3-1-2-4-10(9)11/h1-7H,(H2,12,14,15). The van der Waals surface area contributed by atoms with Crippen LogP contribution in [0.25, 0.3) is 10.8 Å². The Hall–Kier alpha value is -1.72. The van der Waals surface area contributed by atoms with Gasteiger partial charge in [-0.05, 0) is 17.5 Å². The molecule has 0 aliphatic rings. The first-order valence-corrected chi connectivity index (χ1v) is 6.08. The molecule has 0 heterocycles. The van der Waals surface area contributed by atoms with Crippen molar-refractivity contribution in [1.82, 2.24) is 0 Å². The third-order valence-electron chi connectivity index (χ3n) is 2.35. The van der Waals surface area contributed by atoms with Crippen LogP contribution < -0.4 is 5.14 Å². The predicted molar refractivity (Wildman–Crippen MR) is 60.7 cm³/mol. The smallest absolute Gasteiger partial charge is 0.238 e. The molecule has 0 fully saturated rings. The number of primary sulfonamides is 1. The van der Waals surface area contributed by atoms with Gasteiger partial charge in [-0.15, -0.1) is 0 Å². The molecule has 0 radical (unpaired) electrons. The van der Waals surface area contributed by atoms with Crippen molar-refractivity contribution in [3.05, 3.63) is 42.0 Å². The van der Waals surface area contributed by atoms with E-state index < -0.39 is 10.0 Å². The van der Waals surface area contributed by atoms with Gasteiger partial charge in [0.25, 0.3) is 0 Å². The number of nitrogens with two attached hydrogens (primary N) is 1. The maximum absolute atomic E-state index is 11.3. The lowest BCUT2D eigenvalue weighted by atomic mass is 10.1. The quantitative estimate of drug-likeness (QED) is 0.797. The summed E-state index contributed by atoms with van der Waals surface area (Å²) in [5, 5.41) is 6.15. The Morgan fingerprint density at radius 3 is 2.19 bits per heavy atom. The number of benzene rings is 2. The molecule has 2 N–H and O–H groups in total. The van der Waals surface area contributed by atoms with Crippen LogP contribution in [0.2, 0.25) is 0 Å². The fourth-order valence-corrected chi connectivity index (χ4v) is 2.39. The molecule has 0 aliphatic heterocycles. The number of rotatable bonds is 2. The van der Waals surface area contributed by atoms with Gasteiger partial charge in [-0.25, -0.2) is 13.6 Å². The maximum atomic E-state index is 11.3. The van der Waals surface area contributed by atoms with Crippen LogP contribution in [0, 0.1) is 0 Å². The highest BCUT2D eigenvalue weighted by Crippen LogP contribution is 2.24. The first-order valence-electron chi connectivity index (χ1n) is 4.54. The Kier molecular flexibility index (Phi) is 2.49. The number of sulfonamides is 1. The first-order chi connectivity index (χ1) is 7.54. The van der Waals surface area contributed by atoms with E-state index in [9.17, 15) is 13.2 Å². The van der Waals surface area contributed by atoms with E-state index in [1.54, 1.807) is 24.3 Å². The average molecular weight is 235 g/mol. The molecule has 16 heavy (non-hydrogen) atoms. The summed E-state index contributed by atoms with van der Waals surface area (Å²) in [4.78, 5) is 10.8. The number of hydrogen-bond donors (Lipinski definition) is 1. The molecular weight excluding hydrogens is 226 g/mol. The highest BCUT2D eigenvalue weighted by molar-refractivity contribution is 7.89. The highest BCUT2D eigenvalue weighted by Gasteiger charge is 2.13. The normalized spacial score (nSPS) is 11.6. The highest BCUT2D eigenvalue weighted by atomic mass is 32.2. The second-order valence-corrected chi connectivity index (χ2v) is 4.89. The zero-order valence-electron chi connectivity index (χ0n) is 8.25. The van der Waals surface area contributed by atoms with Gasteiger partial charge >= 0.3 is 0 Å². The van der Waals surface area contributed by atoms with Gasteiger partial charge in [0.05, 0.1) is 4.90 Å². The lowest BCUT2D eigenvalue weighted by Crippen LogP contribution is -2.12. The van der Waals surface area contributed by atoms with Crippen LogP contribution in [0.3, 0.4) is 0 Å². The molecule has 0 atom stereocenters. The Balaban J connectivity index is 2.96. The predicted octanol–water partition coefficient (Wildman–Crippen LogP) is 1.30. The number of aldehydes is 1. The Morgan fingerprint density at radius 1 is 1.00 bits per heavy atom. The molecule has 4 nitrogen and oxygen atoms in total. The molecule has 0 aliphatic carbocycles. The van der Waals surface area contributed by atoms with Gasteiger partial charge in [-0.3, -0.25) is 4.79 Å². The fraction of sp³-hybridized carbons (Fsp3) is 0. The zero-order chi connectivity index (χ0) is 11.8. The lowest BCUT2D eigenvalue weighted by Gasteiger charge is -2.05. The van der Waals surface area contributed by atoms with E-state index in [1.807, 2.05) is 0 Å². The van der Waals surface area contributed by atoms with Gasteiger partial charge < -0.3 is 0 Å². The van der Waals surface area contributed by atoms with Crippen molar-refractivity contribution >= 4 is 27.1 Å². The molecule has 5 heteroatoms. The van der Waals surface area contributed by atoms with Crippen molar-refractivity contribution in [3.63, 3.8) is 0 Å². The molecule has 2 rings (SSSR count). The van der Waals surface area contributed by atoms with Crippen LogP contribution in [0.4, 0.5) is 0 Å². The largest absolute Gasteiger partial charge is 0.298 e. The van der Waals surface area contributed by atoms with Crippen LogP contribution in [0.15, 0.2) is 41.3 Å². The van der Waals surface area contributed by atoms with Gasteiger partial charge in [0.1, 0.15) is 0 Å². The summed E-state index contributed by atoms with van der Waals surface area (Å²) < 4.78 is 22.7. The van der Waals surface area contributed by atoms with E-state index in [0.717, 1.165) is 0 Å². The molecule has 2 aromatic rings. The molecule has 0 spiro atoms. The SMILES string of the molecule is NS(=O)(=O)c1ccc(C=O)c2ccccc12. The molecule has 0 bridgehead atoms. The van der Waals surface area contributed by atoms with Gasteiger partial charge in [-0.1, -0.05) is 24.3 Å². The fourth-order valence-electron chi connectivity index (χ4n) is 1.65. The van der Waals surface area contributed by atoms with Crippen LogP contribution in [-0.4, -0.2) is 14.7 Å². The van der Waals surface area contributed by atoms with Gasteiger partial charge in [0, 0.05) is 10.9 Å². The number of carbonyl (C=O) groups excluding carboxylic acids is 1. The lowest BCUT2D eigenvalue weighted by molar-refractivity contribution is 0.112. The van der Waals surface area contributed by atoms with Crippen LogP contribution >= 0.6 is 0 Å². The van der Waals surface area contributed by atoms with Crippen LogP contribution in [0.1, 0.15) is 10.4 Å². The minimum Gasteiger partial charge on any atom is -0.298 e. The summed E-state index contributed by atoms with van der Waals surface area (Å²) in [5.74, 6) is 0. The summed E-state index contributed by atoms with van der Waals surface area (Å²) in [6.07, 6.45) is 0.690. The second-order valence-electron chi connectivity index (χ2n) is 3.36. The maximum Gasteiger partial charge on any atom is 0.238 e. The average Bonchev–Trinajstić information content (AvgIpc) is 2.26. The van der Waals surface area contributed by atoms with Crippen molar-refractivity contribution in [2.24, 2.45) is 5.14 Å². The minimum absolute atomic E-state index is 0.0358. The summed E-state index contributed by atoms with van der Waals surface area (Å²) in [6.45, 7) is 0. The molecule has 0 amide bonds. The monoisotopic (exact) mass is 235 g/mol. The van der Waals surface area contributed by atoms with Gasteiger partial charge in [-0.2, -0.15) is 0 Å². The number of hydrogen-bond acceptors (Lipinski definition) is 3. The Labute approximate surface area is 92.7 Å². The molecule has 0 unspecified atom stereocenters. The van der Waals surface area contributed by atoms with Crippen molar-refractivity contribution < 1.29 is 13.2 Å². The van der Waals surface area contributed by atoms with E-state index in [4.69, 9.17) is 5.14 Å². The molecule has 2 aromatic carbocycles. The van der Waals surface area contributed by atoms with Crippen molar-refractivity contribution in [2.75, 3.05) is 0 Å². The zero-order valence-corrected chi connectivity index (χ0v) is 9.07. The summed E-state index contributed by atoms with van der Waals surface area (Å²) in [5.41, 5.74) is 0.447. The molecule has 0 saturated heterocycles. The molecule has 0 saturated carbocycles. The van der Waals surface area contributed by atoms with Crippen molar-refractivity contribution in [2.45, 2.75) is 4.90 Å². The summed E-state index contributed by atoms with van der Waals surface area (Å²) in [6, 6.07) is 9.56. The van der Waals surface area contributed by atoms with E-state index in [1.165, 1.54) is 12.1 Å². The Bertz CT molecular complexity index is 662. The van der Waals surface area contributed by atoms with Gasteiger partial charge in [0.15, 0.2) is 6.29 Å². The summed E-state index contributed by atoms with van der Waals surface area (Å²) in [7, 11) is -3.77. The molecule has 82 valence electrons. The van der Waals surface area contributed by atoms with Crippen molar-refractivity contribution in [3.8, 4) is 0 Å². The Morgan fingerprint density at radius 2 is 1.62 bits per heavy atom. The van der Waals surface area contributed by atoms with E-state index in [2.05, 4.69) is 0 Å². The topological polar surface area (TPSA) is 77.2 Å². The van der Waals surface area contributed by atoms with Crippen LogP contribution in [-0.2, 0) is 10.0 Å². The summed E-state index contributed by atoms with van der Waals surface area (Å²) >= 11 is 0. The number of carbonyl (C=O) groups is 1. The minimum atomic E-state index is -3.77. The van der Waals surface area contributed by atoms with Crippen molar-refractivity contribution in [1.29, 1.82) is 0 Å². The van der Waals surface area contributed by atoms with E-state index in [-0.39, 0.29) is 4.90 Å². The second kappa shape index (κ2) is 3.70. The third kappa shape index (κ3) is 1.70. The first kappa shape index (κ1) is 10.8. The van der Waals surface area contributed by atoms with Crippen LogP contribution in [0.5, 0.6) is 0 Å². The molecular formula is C11H9NO3S. The molecule has 0 aromatic heterocycles. The van der Waals surface area contributed by atoms with E-state index >= 15 is 0 Å².